The smallest absolute Gasteiger partial charge is 0.182 e. The highest BCUT2D eigenvalue weighted by Crippen LogP contribution is 2.16. The van der Waals surface area contributed by atoms with Gasteiger partial charge in [0.2, 0.25) is 0 Å². The van der Waals surface area contributed by atoms with Crippen LogP contribution in [0.2, 0.25) is 0 Å². The highest BCUT2D eigenvalue weighted by Gasteiger charge is 2.07. The van der Waals surface area contributed by atoms with Crippen LogP contribution >= 0.6 is 0 Å². The van der Waals surface area contributed by atoms with E-state index in [1.165, 1.54) is 0 Å². The summed E-state index contributed by atoms with van der Waals surface area (Å²) in [5, 5.41) is 4.45. The topological polar surface area (TPSA) is 47.3 Å². The summed E-state index contributed by atoms with van der Waals surface area (Å²) in [6.45, 7) is 0. The molecule has 0 N–H and O–H groups in total. The lowest BCUT2D eigenvalue weighted by Gasteiger charge is -1.97. The van der Waals surface area contributed by atoms with Gasteiger partial charge >= 0.3 is 0 Å². The summed E-state index contributed by atoms with van der Waals surface area (Å²) in [6.07, 6.45) is 1.22. The molecular weight excluding hydrogens is 226 g/mol. The number of carbonyl (C=O) groups excluding carboxylic acids is 1. The van der Waals surface area contributed by atoms with E-state index in [0.29, 0.717) is 12.2 Å². The van der Waals surface area contributed by atoms with Crippen LogP contribution in [-0.2, 0) is 11.2 Å². The molecule has 0 saturated carbocycles. The standard InChI is InChI=1S/C14H11N3O/c18-10-9-12-7-4-8-13-15-14(16-17(12)13)11-5-2-1-3-6-11/h1-8,10H,9H2. The summed E-state index contributed by atoms with van der Waals surface area (Å²) >= 11 is 0. The van der Waals surface area contributed by atoms with E-state index in [4.69, 9.17) is 0 Å². The number of fused-ring (bicyclic) bond motifs is 1. The number of hydrogen-bond donors (Lipinski definition) is 0. The van der Waals surface area contributed by atoms with Crippen molar-refractivity contribution in [3.8, 4) is 11.4 Å². The Morgan fingerprint density at radius 2 is 1.89 bits per heavy atom. The van der Waals surface area contributed by atoms with E-state index in [1.54, 1.807) is 4.52 Å². The summed E-state index contributed by atoms with van der Waals surface area (Å²) in [5.74, 6) is 0.675. The molecule has 0 radical (unpaired) electrons. The zero-order valence-electron chi connectivity index (χ0n) is 9.65. The van der Waals surface area contributed by atoms with Gasteiger partial charge in [0, 0.05) is 12.0 Å². The minimum absolute atomic E-state index is 0.342. The first-order valence-corrected chi connectivity index (χ1v) is 5.72. The molecule has 0 bridgehead atoms. The fourth-order valence-corrected chi connectivity index (χ4v) is 1.91. The molecule has 0 fully saturated rings. The molecule has 3 aromatic rings. The lowest BCUT2D eigenvalue weighted by Crippen LogP contribution is -1.98. The van der Waals surface area contributed by atoms with E-state index in [2.05, 4.69) is 10.1 Å². The van der Waals surface area contributed by atoms with Crippen molar-refractivity contribution in [2.75, 3.05) is 0 Å². The third-order valence-corrected chi connectivity index (χ3v) is 2.76. The minimum Gasteiger partial charge on any atom is -0.303 e. The van der Waals surface area contributed by atoms with Crippen LogP contribution in [-0.4, -0.2) is 20.9 Å². The highest BCUT2D eigenvalue weighted by atomic mass is 16.1. The zero-order chi connectivity index (χ0) is 12.4. The molecule has 3 rings (SSSR count). The average Bonchev–Trinajstić information content (AvgIpc) is 2.85. The van der Waals surface area contributed by atoms with Crippen molar-refractivity contribution in [2.24, 2.45) is 0 Å². The molecular formula is C14H11N3O. The summed E-state index contributed by atoms with van der Waals surface area (Å²) < 4.78 is 1.72. The van der Waals surface area contributed by atoms with Gasteiger partial charge in [0.1, 0.15) is 6.29 Å². The molecule has 4 heteroatoms. The van der Waals surface area contributed by atoms with Crippen molar-refractivity contribution in [1.82, 2.24) is 14.6 Å². The number of hydrogen-bond acceptors (Lipinski definition) is 3. The SMILES string of the molecule is O=CCc1cccc2nc(-c3ccccc3)nn12. The fraction of sp³-hybridized carbons (Fsp3) is 0.0714. The number of aldehydes is 1. The van der Waals surface area contributed by atoms with E-state index in [1.807, 2.05) is 48.5 Å². The van der Waals surface area contributed by atoms with Crippen LogP contribution in [0.3, 0.4) is 0 Å². The van der Waals surface area contributed by atoms with E-state index in [-0.39, 0.29) is 0 Å². The van der Waals surface area contributed by atoms with E-state index < -0.39 is 0 Å². The number of carbonyl (C=O) groups is 1. The zero-order valence-corrected chi connectivity index (χ0v) is 9.65. The van der Waals surface area contributed by atoms with Gasteiger partial charge in [0.25, 0.3) is 0 Å². The maximum absolute atomic E-state index is 10.6. The maximum atomic E-state index is 10.6. The lowest BCUT2D eigenvalue weighted by atomic mass is 10.2. The second-order valence-corrected chi connectivity index (χ2v) is 3.96. The Kier molecular flexibility index (Phi) is 2.61. The van der Waals surface area contributed by atoms with Crippen LogP contribution in [0.25, 0.3) is 17.0 Å². The molecule has 0 aliphatic rings. The van der Waals surface area contributed by atoms with E-state index in [0.717, 1.165) is 23.2 Å². The number of aromatic nitrogens is 3. The first-order chi connectivity index (χ1) is 8.88. The molecule has 0 unspecified atom stereocenters. The lowest BCUT2D eigenvalue weighted by molar-refractivity contribution is -0.107. The second kappa shape index (κ2) is 4.41. The number of nitrogens with zero attached hydrogens (tertiary/aromatic N) is 3. The Labute approximate surface area is 104 Å². The predicted octanol–water partition coefficient (Wildman–Crippen LogP) is 2.14. The third-order valence-electron chi connectivity index (χ3n) is 2.76. The molecule has 2 heterocycles. The largest absolute Gasteiger partial charge is 0.303 e. The van der Waals surface area contributed by atoms with Crippen LogP contribution in [0, 0.1) is 0 Å². The quantitative estimate of drug-likeness (QED) is 0.656. The molecule has 1 aromatic carbocycles. The maximum Gasteiger partial charge on any atom is 0.182 e. The van der Waals surface area contributed by atoms with Crippen LogP contribution in [0.1, 0.15) is 5.69 Å². The Bertz CT molecular complexity index is 689. The van der Waals surface area contributed by atoms with E-state index in [9.17, 15) is 4.79 Å². The first kappa shape index (κ1) is 10.7. The van der Waals surface area contributed by atoms with E-state index >= 15 is 0 Å². The molecule has 0 spiro atoms. The summed E-state index contributed by atoms with van der Waals surface area (Å²) in [7, 11) is 0. The molecule has 0 saturated heterocycles. The van der Waals surface area contributed by atoms with Crippen LogP contribution in [0.5, 0.6) is 0 Å². The summed E-state index contributed by atoms with van der Waals surface area (Å²) in [5.41, 5.74) is 2.57. The Hall–Kier alpha value is -2.49. The van der Waals surface area contributed by atoms with Crippen molar-refractivity contribution in [1.29, 1.82) is 0 Å². The van der Waals surface area contributed by atoms with Gasteiger partial charge in [-0.2, -0.15) is 0 Å². The van der Waals surface area contributed by atoms with Crippen molar-refractivity contribution >= 4 is 11.9 Å². The summed E-state index contributed by atoms with van der Waals surface area (Å²) in [4.78, 5) is 15.1. The number of benzene rings is 1. The Morgan fingerprint density at radius 3 is 2.67 bits per heavy atom. The predicted molar refractivity (Wildman–Crippen MR) is 68.2 cm³/mol. The minimum atomic E-state index is 0.342. The van der Waals surface area contributed by atoms with Crippen LogP contribution in [0.4, 0.5) is 0 Å². The normalized spacial score (nSPS) is 10.7. The average molecular weight is 237 g/mol. The monoisotopic (exact) mass is 237 g/mol. The van der Waals surface area contributed by atoms with Crippen molar-refractivity contribution in [3.63, 3.8) is 0 Å². The highest BCUT2D eigenvalue weighted by molar-refractivity contribution is 5.59. The van der Waals surface area contributed by atoms with Crippen molar-refractivity contribution < 1.29 is 4.79 Å². The molecule has 0 amide bonds. The summed E-state index contributed by atoms with van der Waals surface area (Å²) in [6, 6.07) is 15.4. The van der Waals surface area contributed by atoms with Gasteiger partial charge in [-0.25, -0.2) is 9.50 Å². The van der Waals surface area contributed by atoms with Gasteiger partial charge in [-0.15, -0.1) is 5.10 Å². The van der Waals surface area contributed by atoms with Gasteiger partial charge < -0.3 is 4.79 Å². The second-order valence-electron chi connectivity index (χ2n) is 3.96. The van der Waals surface area contributed by atoms with Gasteiger partial charge in [-0.3, -0.25) is 0 Å². The molecule has 2 aromatic heterocycles. The van der Waals surface area contributed by atoms with Crippen molar-refractivity contribution in [2.45, 2.75) is 6.42 Å². The Balaban J connectivity index is 2.17. The molecule has 88 valence electrons. The number of rotatable bonds is 3. The fourth-order valence-electron chi connectivity index (χ4n) is 1.91. The molecule has 0 atom stereocenters. The number of pyridine rings is 1. The van der Waals surface area contributed by atoms with Crippen LogP contribution < -0.4 is 0 Å². The van der Waals surface area contributed by atoms with Crippen molar-refractivity contribution in [3.05, 3.63) is 54.2 Å². The van der Waals surface area contributed by atoms with Gasteiger partial charge in [0.05, 0.1) is 5.69 Å². The molecule has 4 nitrogen and oxygen atoms in total. The van der Waals surface area contributed by atoms with Crippen LogP contribution in [0.15, 0.2) is 48.5 Å². The third kappa shape index (κ3) is 1.78. The molecule has 0 aliphatic heterocycles. The van der Waals surface area contributed by atoms with Gasteiger partial charge in [0.15, 0.2) is 11.5 Å². The Morgan fingerprint density at radius 1 is 1.06 bits per heavy atom. The molecule has 18 heavy (non-hydrogen) atoms. The van der Waals surface area contributed by atoms with Gasteiger partial charge in [-0.05, 0) is 12.1 Å². The first-order valence-electron chi connectivity index (χ1n) is 5.72. The van der Waals surface area contributed by atoms with Gasteiger partial charge in [-0.1, -0.05) is 36.4 Å². The molecule has 0 aliphatic carbocycles.